The van der Waals surface area contributed by atoms with E-state index in [0.717, 1.165) is 56.0 Å². The molecule has 0 radical (unpaired) electrons. The highest BCUT2D eigenvalue weighted by Crippen LogP contribution is 2.33. The van der Waals surface area contributed by atoms with E-state index in [4.69, 9.17) is 46.6 Å². The molecule has 22 heteroatoms. The number of aliphatic hydroxyl groups is 7. The third kappa shape index (κ3) is 11.0. The van der Waals surface area contributed by atoms with E-state index in [0.29, 0.717) is 22.9 Å². The zero-order valence-corrected chi connectivity index (χ0v) is 34.4. The molecule has 1 aliphatic carbocycles. The van der Waals surface area contributed by atoms with Crippen LogP contribution in [0.3, 0.4) is 0 Å². The minimum absolute atomic E-state index is 0.0849. The molecule has 16 N–H and O–H groups in total. The summed E-state index contributed by atoms with van der Waals surface area (Å²) in [4.78, 5) is 7.20. The average Bonchev–Trinajstić information content (AvgIpc) is 3.44. The topological polar surface area (TPSA) is 354 Å². The fourth-order valence-electron chi connectivity index (χ4n) is 7.68. The Morgan fingerprint density at radius 1 is 0.831 bits per heavy atom. The first-order valence-corrected chi connectivity index (χ1v) is 21.3. The first-order chi connectivity index (χ1) is 27.9. The van der Waals surface area contributed by atoms with Crippen molar-refractivity contribution in [2.24, 2.45) is 27.9 Å². The number of aliphatic imine (C=N–C) groups is 1. The maximum atomic E-state index is 12.6. The number of ether oxygens (including phenoxy) is 5. The molecule has 0 spiro atoms. The van der Waals surface area contributed by atoms with Gasteiger partial charge in [-0.05, 0) is 50.3 Å². The summed E-state index contributed by atoms with van der Waals surface area (Å²) >= 11 is 0. The third-order valence-corrected chi connectivity index (χ3v) is 13.0. The van der Waals surface area contributed by atoms with E-state index >= 15 is 0 Å². The number of hydrogen-bond donors (Lipinski definition) is 12. The molecule has 4 heterocycles. The molecule has 5 aliphatic rings. The van der Waals surface area contributed by atoms with Gasteiger partial charge in [-0.2, -0.15) is 0 Å². The molecule has 1 aromatic rings. The van der Waals surface area contributed by atoms with Crippen LogP contribution >= 0.6 is 0 Å². The minimum Gasteiger partial charge on any atom is -0.394 e. The normalized spacial score (nSPS) is 39.8. The Morgan fingerprint density at radius 3 is 2.03 bits per heavy atom. The van der Waals surface area contributed by atoms with Crippen LogP contribution in [-0.2, 0) is 33.7 Å². The quantitative estimate of drug-likeness (QED) is 0.0925. The molecule has 21 nitrogen and oxygen atoms in total. The Morgan fingerprint density at radius 2 is 1.44 bits per heavy atom. The summed E-state index contributed by atoms with van der Waals surface area (Å²) in [6.07, 6.45) is -15.6. The Kier molecular flexibility index (Phi) is 16.8. The fourth-order valence-corrected chi connectivity index (χ4v) is 9.19. The molecule has 3 saturated heterocycles. The molecule has 1 aromatic carbocycles. The van der Waals surface area contributed by atoms with Crippen LogP contribution in [0.1, 0.15) is 36.5 Å². The van der Waals surface area contributed by atoms with Crippen LogP contribution in [0, 0.1) is 13.8 Å². The van der Waals surface area contributed by atoms with Crippen molar-refractivity contribution < 1.29 is 67.8 Å². The second-order valence-electron chi connectivity index (χ2n) is 15.7. The number of benzene rings is 1. The number of sulfonamides is 1. The maximum Gasteiger partial charge on any atom is 0.264 e. The highest BCUT2D eigenvalue weighted by Gasteiger charge is 2.51. The summed E-state index contributed by atoms with van der Waals surface area (Å²) in [5.74, 6) is 0.472. The average molecular weight is 862 g/mol. The molecular weight excluding hydrogens is 799 g/mol. The van der Waals surface area contributed by atoms with Gasteiger partial charge < -0.3 is 82.4 Å². The molecule has 0 unspecified atom stereocenters. The number of morpholine rings is 1. The van der Waals surface area contributed by atoms with Gasteiger partial charge in [0.25, 0.3) is 10.0 Å². The van der Waals surface area contributed by atoms with Crippen molar-refractivity contribution in [3.8, 4) is 0 Å². The van der Waals surface area contributed by atoms with Gasteiger partial charge in [0.05, 0.1) is 25.9 Å². The highest BCUT2D eigenvalue weighted by molar-refractivity contribution is 8.00. The molecule has 0 bridgehead atoms. The molecule has 1 saturated carbocycles. The van der Waals surface area contributed by atoms with E-state index in [-0.39, 0.29) is 13.0 Å². The standard InChI is InChI=1S/C19H27N3O3S.C18H36N4O11/c1-14-5-6-17(13-15(14)2)18-16(3)19(21-26(18,23)24)20-7-4-8-22-9-11-25-12-10-22;19-2-6-10(25)12(27)13(28)18(30-6)33-16-5(21)1-4(20)15(14(16)29)32-17-11(26)8(22)9(24)7(3-23)31-17/h5-6,13H,4,7-12H2,1-3H3,(H,20,21);4-18,23-29H,1-3,19-22H2/t;4-,5+,6-,7-,8+,9-,10-,11-,12+,13-,14-,15+,16-,17-,18-/m.1/s1. The van der Waals surface area contributed by atoms with Crippen LogP contribution in [0.4, 0.5) is 0 Å². The molecule has 6 rings (SSSR count). The molecule has 0 amide bonds. The number of rotatable bonds is 11. The van der Waals surface area contributed by atoms with E-state index in [1.165, 1.54) is 0 Å². The van der Waals surface area contributed by atoms with Crippen molar-refractivity contribution in [2.75, 3.05) is 52.5 Å². The van der Waals surface area contributed by atoms with Gasteiger partial charge >= 0.3 is 0 Å². The van der Waals surface area contributed by atoms with E-state index in [2.05, 4.69) is 14.6 Å². The number of aryl methyl sites for hydroxylation is 2. The first kappa shape index (κ1) is 47.7. The number of nitrogens with zero attached hydrogens (tertiary/aromatic N) is 2. The number of hydrogen-bond acceptors (Lipinski definition) is 20. The van der Waals surface area contributed by atoms with Gasteiger partial charge in [0.2, 0.25) is 0 Å². The minimum atomic E-state index is -3.55. The van der Waals surface area contributed by atoms with Gasteiger partial charge in [-0.15, -0.1) is 0 Å². The lowest BCUT2D eigenvalue weighted by atomic mass is 9.84. The van der Waals surface area contributed by atoms with E-state index in [9.17, 15) is 44.2 Å². The predicted octanol–water partition coefficient (Wildman–Crippen LogP) is -5.20. The Bertz CT molecular complexity index is 1670. The fraction of sp³-hybridized carbons (Fsp3) is 0.757. The first-order valence-electron chi connectivity index (χ1n) is 19.8. The second-order valence-corrected chi connectivity index (χ2v) is 17.3. The second kappa shape index (κ2) is 20.7. The lowest BCUT2D eigenvalue weighted by Crippen LogP contribution is -2.68. The van der Waals surface area contributed by atoms with Crippen molar-refractivity contribution >= 4 is 20.8 Å². The molecule has 15 atom stereocenters. The van der Waals surface area contributed by atoms with Crippen molar-refractivity contribution in [3.05, 3.63) is 40.5 Å². The summed E-state index contributed by atoms with van der Waals surface area (Å²) in [7, 11) is -3.55. The van der Waals surface area contributed by atoms with E-state index in [1.54, 1.807) is 0 Å². The van der Waals surface area contributed by atoms with Crippen molar-refractivity contribution in [2.45, 2.75) is 125 Å². The van der Waals surface area contributed by atoms with Gasteiger partial charge in [-0.1, -0.05) is 18.2 Å². The van der Waals surface area contributed by atoms with Gasteiger partial charge in [0, 0.05) is 50.4 Å². The monoisotopic (exact) mass is 861 g/mol. The maximum absolute atomic E-state index is 12.6. The summed E-state index contributed by atoms with van der Waals surface area (Å²) in [6.45, 7) is 10.1. The Balaban J connectivity index is 0.000000230. The molecular formula is C37H63N7O14S. The highest BCUT2D eigenvalue weighted by atomic mass is 32.2. The van der Waals surface area contributed by atoms with Crippen LogP contribution in [0.2, 0.25) is 0 Å². The van der Waals surface area contributed by atoms with Gasteiger partial charge in [-0.25, -0.2) is 8.42 Å². The zero-order chi connectivity index (χ0) is 43.3. The van der Waals surface area contributed by atoms with E-state index in [1.807, 2.05) is 39.0 Å². The Labute approximate surface area is 343 Å². The summed E-state index contributed by atoms with van der Waals surface area (Å²) in [5.41, 5.74) is 27.1. The van der Waals surface area contributed by atoms with Crippen LogP contribution in [-0.4, -0.2) is 199 Å². The largest absolute Gasteiger partial charge is 0.394 e. The lowest BCUT2D eigenvalue weighted by Gasteiger charge is -2.48. The Hall–Kier alpha value is -2.30. The number of aliphatic hydroxyl groups excluding tert-OH is 7. The molecule has 0 aromatic heterocycles. The predicted molar refractivity (Wildman–Crippen MR) is 213 cm³/mol. The van der Waals surface area contributed by atoms with Crippen molar-refractivity contribution in [1.82, 2.24) is 9.62 Å². The summed E-state index contributed by atoms with van der Waals surface area (Å²) in [6, 6.07) is 2.88. The van der Waals surface area contributed by atoms with E-state index < -0.39 is 108 Å². The smallest absolute Gasteiger partial charge is 0.264 e. The van der Waals surface area contributed by atoms with Gasteiger partial charge in [-0.3, -0.25) is 14.6 Å². The van der Waals surface area contributed by atoms with Crippen LogP contribution < -0.4 is 27.7 Å². The van der Waals surface area contributed by atoms with Crippen LogP contribution in [0.5, 0.6) is 0 Å². The molecule has 4 aliphatic heterocycles. The van der Waals surface area contributed by atoms with Crippen molar-refractivity contribution in [1.29, 1.82) is 0 Å². The van der Waals surface area contributed by atoms with Crippen molar-refractivity contribution in [3.63, 3.8) is 0 Å². The molecule has 4 fully saturated rings. The molecule has 336 valence electrons. The zero-order valence-electron chi connectivity index (χ0n) is 33.6. The van der Waals surface area contributed by atoms with Crippen LogP contribution in [0.25, 0.3) is 4.91 Å². The van der Waals surface area contributed by atoms with Gasteiger partial charge in [0.15, 0.2) is 12.6 Å². The summed E-state index contributed by atoms with van der Waals surface area (Å²) < 4.78 is 55.3. The third-order valence-electron chi connectivity index (χ3n) is 11.5. The summed E-state index contributed by atoms with van der Waals surface area (Å²) in [5, 5.41) is 70.9. The number of nitrogens with one attached hydrogen (secondary N) is 1. The van der Waals surface area contributed by atoms with Crippen LogP contribution in [0.15, 0.2) is 28.8 Å². The number of amidine groups is 1. The number of nitrogens with two attached hydrogens (primary N) is 4. The SMILES string of the molecule is CC1=C(c2ccc(C)c(C)c2)S(=O)(=O)NC1=NCCCN1CCOCC1.NC[C@H]1O[C@H](O[C@H]2[C@H](O)[C@@H](O[C@H]3O[C@H](CO)[C@@H](O)[C@H](N)[C@H]3O)[C@H](N)C[C@@H]2N)[C@H](O)[C@@H](O)[C@@H]1O. The lowest BCUT2D eigenvalue weighted by molar-refractivity contribution is -0.332. The molecule has 59 heavy (non-hydrogen) atoms. The van der Waals surface area contributed by atoms with Gasteiger partial charge in [0.1, 0.15) is 71.8 Å².